The zero-order valence-electron chi connectivity index (χ0n) is 27.0. The van der Waals surface area contributed by atoms with Crippen LogP contribution in [0.3, 0.4) is 0 Å². The molecule has 7 heteroatoms. The fraction of sp³-hybridized carbons (Fsp3) is 0.436. The smallest absolute Gasteiger partial charge is 0.335 e. The van der Waals surface area contributed by atoms with Crippen molar-refractivity contribution in [3.63, 3.8) is 0 Å². The lowest BCUT2D eigenvalue weighted by atomic mass is 9.75. The third-order valence-electron chi connectivity index (χ3n) is 9.03. The van der Waals surface area contributed by atoms with Gasteiger partial charge in [-0.15, -0.1) is 0 Å². The minimum absolute atomic E-state index is 0.0150. The van der Waals surface area contributed by atoms with Crippen molar-refractivity contribution in [2.24, 2.45) is 0 Å². The molecule has 6 nitrogen and oxygen atoms in total. The Balaban J connectivity index is 1.43. The van der Waals surface area contributed by atoms with Gasteiger partial charge in [-0.05, 0) is 101 Å². The molecule has 0 aliphatic heterocycles. The van der Waals surface area contributed by atoms with Crippen molar-refractivity contribution in [1.29, 1.82) is 0 Å². The molecule has 246 valence electrons. The van der Waals surface area contributed by atoms with E-state index in [9.17, 15) is 14.0 Å². The van der Waals surface area contributed by atoms with Crippen LogP contribution in [0.2, 0.25) is 0 Å². The molecule has 1 aliphatic rings. The maximum Gasteiger partial charge on any atom is 0.335 e. The van der Waals surface area contributed by atoms with Gasteiger partial charge < -0.3 is 19.7 Å². The number of esters is 2. The van der Waals surface area contributed by atoms with Gasteiger partial charge in [-0.25, -0.2) is 14.0 Å². The van der Waals surface area contributed by atoms with Crippen molar-refractivity contribution in [2.75, 3.05) is 26.4 Å². The quantitative estimate of drug-likeness (QED) is 0.0972. The molecule has 0 atom stereocenters. The van der Waals surface area contributed by atoms with Gasteiger partial charge in [0.05, 0.1) is 37.6 Å². The summed E-state index contributed by atoms with van der Waals surface area (Å²) >= 11 is 0. The molecular weight excluding hydrogens is 583 g/mol. The first-order chi connectivity index (χ1) is 22.2. The van der Waals surface area contributed by atoms with Crippen LogP contribution in [0.4, 0.5) is 4.39 Å². The van der Waals surface area contributed by atoms with Crippen LogP contribution in [0, 0.1) is 5.82 Å². The fourth-order valence-electron chi connectivity index (χ4n) is 6.28. The number of aryl methyl sites for hydroxylation is 1. The Morgan fingerprint density at radius 1 is 0.739 bits per heavy atom. The molecule has 1 saturated carbocycles. The zero-order chi connectivity index (χ0) is 33.1. The molecule has 0 aromatic heterocycles. The molecular formula is C39H47FO6. The van der Waals surface area contributed by atoms with E-state index < -0.39 is 25.2 Å². The van der Waals surface area contributed by atoms with E-state index >= 15 is 0 Å². The Labute approximate surface area is 271 Å². The van der Waals surface area contributed by atoms with E-state index in [0.29, 0.717) is 24.7 Å². The zero-order valence-corrected chi connectivity index (χ0v) is 27.0. The topological polar surface area (TPSA) is 93.1 Å². The third kappa shape index (κ3) is 9.60. The molecule has 2 N–H and O–H groups in total. The molecule has 1 aliphatic carbocycles. The Bertz CT molecular complexity index is 1480. The highest BCUT2D eigenvalue weighted by Crippen LogP contribution is 2.41. The van der Waals surface area contributed by atoms with Gasteiger partial charge in [0, 0.05) is 12.8 Å². The number of carbonyl (C=O) groups is 2. The summed E-state index contributed by atoms with van der Waals surface area (Å²) in [6.45, 7) is 8.60. The molecule has 0 amide bonds. The van der Waals surface area contributed by atoms with Gasteiger partial charge in [-0.3, -0.25) is 0 Å². The van der Waals surface area contributed by atoms with Crippen molar-refractivity contribution in [1.82, 2.24) is 0 Å². The summed E-state index contributed by atoms with van der Waals surface area (Å²) in [6, 6.07) is 16.6. The average molecular weight is 631 g/mol. The summed E-state index contributed by atoms with van der Waals surface area (Å²) < 4.78 is 25.4. The van der Waals surface area contributed by atoms with E-state index in [4.69, 9.17) is 19.7 Å². The van der Waals surface area contributed by atoms with E-state index in [1.54, 1.807) is 6.07 Å². The summed E-state index contributed by atoms with van der Waals surface area (Å²) in [5.74, 6) is -0.573. The van der Waals surface area contributed by atoms with Crippen LogP contribution in [-0.4, -0.2) is 48.6 Å². The van der Waals surface area contributed by atoms with E-state index in [0.717, 1.165) is 78.8 Å². The number of halogens is 1. The molecule has 0 spiro atoms. The summed E-state index contributed by atoms with van der Waals surface area (Å²) in [4.78, 5) is 23.9. The van der Waals surface area contributed by atoms with Crippen molar-refractivity contribution in [3.05, 3.63) is 106 Å². The molecule has 0 unspecified atom stereocenters. The van der Waals surface area contributed by atoms with E-state index in [1.807, 2.05) is 12.1 Å². The van der Waals surface area contributed by atoms with Gasteiger partial charge >= 0.3 is 11.9 Å². The molecule has 3 aromatic carbocycles. The number of unbranched alkanes of at least 4 members (excludes halogenated alkanes) is 2. The standard InChI is InChI=1S/C39H47FO6/c1-4-5-6-7-34-21-33-13-12-32(22-36(33)23-37(34)40)30-8-10-31(11-9-30)35-19-28(14-16-45-38(43)26(2)24-41)18-29(20-35)15-17-46-39(44)27(3)25-42/h12-13,18-23,30-31,41-42H,2-11,14-17,24-25H2,1H3. The van der Waals surface area contributed by atoms with Crippen molar-refractivity contribution in [3.8, 4) is 0 Å². The van der Waals surface area contributed by atoms with Gasteiger partial charge in [0.1, 0.15) is 5.82 Å². The number of benzene rings is 3. The Morgan fingerprint density at radius 3 is 1.85 bits per heavy atom. The molecule has 46 heavy (non-hydrogen) atoms. The number of carbonyl (C=O) groups excluding carboxylic acids is 2. The number of fused-ring (bicyclic) bond motifs is 1. The monoisotopic (exact) mass is 630 g/mol. The second-order valence-electron chi connectivity index (χ2n) is 12.4. The summed E-state index contributed by atoms with van der Waals surface area (Å²) in [7, 11) is 0. The summed E-state index contributed by atoms with van der Waals surface area (Å²) in [5.41, 5.74) is 5.32. The molecule has 0 bridgehead atoms. The molecule has 0 heterocycles. The molecule has 4 rings (SSSR count). The average Bonchev–Trinajstić information content (AvgIpc) is 3.07. The number of rotatable bonds is 16. The third-order valence-corrected chi connectivity index (χ3v) is 9.03. The largest absolute Gasteiger partial charge is 0.462 e. The van der Waals surface area contributed by atoms with Crippen LogP contribution in [-0.2, 0) is 38.3 Å². The highest BCUT2D eigenvalue weighted by molar-refractivity contribution is 5.88. The van der Waals surface area contributed by atoms with Crippen LogP contribution < -0.4 is 0 Å². The van der Waals surface area contributed by atoms with E-state index in [-0.39, 0.29) is 30.2 Å². The Morgan fingerprint density at radius 2 is 1.30 bits per heavy atom. The number of aliphatic hydroxyl groups is 2. The summed E-state index contributed by atoms with van der Waals surface area (Å²) in [5, 5.41) is 20.3. The lowest BCUT2D eigenvalue weighted by Gasteiger charge is -2.30. The van der Waals surface area contributed by atoms with E-state index in [2.05, 4.69) is 50.4 Å². The normalized spacial score (nSPS) is 16.3. The number of hydrogen-bond donors (Lipinski definition) is 2. The van der Waals surface area contributed by atoms with Crippen LogP contribution >= 0.6 is 0 Å². The van der Waals surface area contributed by atoms with Crippen LogP contribution in [0.25, 0.3) is 10.8 Å². The minimum Gasteiger partial charge on any atom is -0.462 e. The fourth-order valence-corrected chi connectivity index (χ4v) is 6.28. The second kappa shape index (κ2) is 17.2. The Kier molecular flexibility index (Phi) is 13.1. The molecule has 1 fully saturated rings. The van der Waals surface area contributed by atoms with Gasteiger partial charge in [0.2, 0.25) is 0 Å². The molecule has 0 radical (unpaired) electrons. The van der Waals surface area contributed by atoms with Crippen molar-refractivity contribution >= 4 is 22.7 Å². The van der Waals surface area contributed by atoms with Crippen molar-refractivity contribution in [2.45, 2.75) is 83.0 Å². The second-order valence-corrected chi connectivity index (χ2v) is 12.4. The van der Waals surface area contributed by atoms with Gasteiger partial charge in [0.25, 0.3) is 0 Å². The van der Waals surface area contributed by atoms with Crippen LogP contribution in [0.5, 0.6) is 0 Å². The first kappa shape index (κ1) is 35.1. The van der Waals surface area contributed by atoms with E-state index in [1.165, 1.54) is 11.1 Å². The van der Waals surface area contributed by atoms with Gasteiger partial charge in [-0.2, -0.15) is 0 Å². The maximum absolute atomic E-state index is 14.9. The van der Waals surface area contributed by atoms with Gasteiger partial charge in [-0.1, -0.05) is 69.3 Å². The lowest BCUT2D eigenvalue weighted by molar-refractivity contribution is -0.140. The number of aliphatic hydroxyl groups excluding tert-OH is 2. The highest BCUT2D eigenvalue weighted by Gasteiger charge is 2.25. The first-order valence-electron chi connectivity index (χ1n) is 16.5. The number of ether oxygens (including phenoxy) is 2. The number of hydrogen-bond acceptors (Lipinski definition) is 6. The van der Waals surface area contributed by atoms with Crippen molar-refractivity contribution < 1.29 is 33.7 Å². The molecule has 0 saturated heterocycles. The van der Waals surface area contributed by atoms with Crippen LogP contribution in [0.15, 0.2) is 72.8 Å². The maximum atomic E-state index is 14.9. The SMILES string of the molecule is C=C(CO)C(=O)OCCc1cc(CCOC(=O)C(=C)CO)cc(C2CCC(c3ccc4cc(CCCCC)c(F)cc4c3)CC2)c1. The summed E-state index contributed by atoms with van der Waals surface area (Å²) in [6.07, 6.45) is 9.06. The predicted molar refractivity (Wildman–Crippen MR) is 179 cm³/mol. The van der Waals surface area contributed by atoms with Gasteiger partial charge in [0.15, 0.2) is 0 Å². The minimum atomic E-state index is -0.614. The lowest BCUT2D eigenvalue weighted by Crippen LogP contribution is -2.15. The molecule has 3 aromatic rings. The predicted octanol–water partition coefficient (Wildman–Crippen LogP) is 7.42. The Hall–Kier alpha value is -3.81. The van der Waals surface area contributed by atoms with Crippen LogP contribution in [0.1, 0.15) is 91.5 Å². The first-order valence-corrected chi connectivity index (χ1v) is 16.5. The highest BCUT2D eigenvalue weighted by atomic mass is 19.1.